The van der Waals surface area contributed by atoms with E-state index in [0.29, 0.717) is 39.0 Å². The monoisotopic (exact) mass is 1070 g/mol. The topological polar surface area (TPSA) is 146 Å². The summed E-state index contributed by atoms with van der Waals surface area (Å²) in [6, 6.07) is 0. The third kappa shape index (κ3) is 23.7. The van der Waals surface area contributed by atoms with Crippen LogP contribution in [0.4, 0.5) is 0 Å². The summed E-state index contributed by atoms with van der Waals surface area (Å²) in [5.41, 5.74) is 0. The van der Waals surface area contributed by atoms with Crippen molar-refractivity contribution in [3.05, 3.63) is 0 Å². The summed E-state index contributed by atoms with van der Waals surface area (Å²) in [7, 11) is -4.52. The normalized spacial score (nSPS) is 27.2. The maximum Gasteiger partial charge on any atom is 0.472 e. The van der Waals surface area contributed by atoms with Crippen molar-refractivity contribution < 1.29 is 51.8 Å². The second kappa shape index (κ2) is 35.6. The van der Waals surface area contributed by atoms with E-state index in [2.05, 4.69) is 23.6 Å². The van der Waals surface area contributed by atoms with Crippen LogP contribution < -0.4 is 0 Å². The number of carbonyl (C=O) groups excluding carboxylic acids is 2. The lowest BCUT2D eigenvalue weighted by atomic mass is 9.90. The summed E-state index contributed by atoms with van der Waals surface area (Å²) in [5.74, 6) is -2.12. The fourth-order valence-corrected chi connectivity index (χ4v) is 13.0. The van der Waals surface area contributed by atoms with Gasteiger partial charge in [-0.25, -0.2) is 4.57 Å². The van der Waals surface area contributed by atoms with Crippen LogP contribution >= 0.6 is 7.82 Å². The van der Waals surface area contributed by atoms with Gasteiger partial charge in [-0.2, -0.15) is 0 Å². The van der Waals surface area contributed by atoms with E-state index < -0.39 is 50.1 Å². The van der Waals surface area contributed by atoms with Crippen molar-refractivity contribution in [2.24, 2.45) is 5.92 Å². The number of unbranched alkanes of at least 4 members (excludes halogenated alkanes) is 26. The lowest BCUT2D eigenvalue weighted by molar-refractivity contribution is -0.263. The van der Waals surface area contributed by atoms with Gasteiger partial charge in [0.05, 0.1) is 13.2 Å². The molecule has 1 N–H and O–H groups in total. The Morgan fingerprint density at radius 3 is 1.61 bits per heavy atom. The van der Waals surface area contributed by atoms with Crippen LogP contribution in [0.3, 0.4) is 0 Å². The fraction of sp³-hybridized carbons (Fsp3) is 0.966. The van der Waals surface area contributed by atoms with Gasteiger partial charge in [0.2, 0.25) is 11.8 Å². The van der Waals surface area contributed by atoms with Crippen LogP contribution in [0.5, 0.6) is 0 Å². The highest BCUT2D eigenvalue weighted by Crippen LogP contribution is 2.53. The van der Waals surface area contributed by atoms with Gasteiger partial charge in [0.1, 0.15) is 24.4 Å². The zero-order chi connectivity index (χ0) is 52.9. The number of imide groups is 1. The molecule has 0 aromatic heterocycles. The van der Waals surface area contributed by atoms with E-state index in [1.807, 2.05) is 20.8 Å². The Morgan fingerprint density at radius 1 is 0.608 bits per heavy atom. The molecule has 74 heavy (non-hydrogen) atoms. The lowest BCUT2D eigenvalue weighted by Gasteiger charge is -2.41. The van der Waals surface area contributed by atoms with E-state index >= 15 is 0 Å². The predicted molar refractivity (Wildman–Crippen MR) is 295 cm³/mol. The molecule has 15 heteroatoms. The van der Waals surface area contributed by atoms with Crippen LogP contribution in [0, 0.1) is 5.92 Å². The molecular formula is C59H110N3O11P. The van der Waals surface area contributed by atoms with Crippen molar-refractivity contribution in [2.45, 2.75) is 302 Å². The number of ether oxygens (including phenoxy) is 5. The number of rotatable bonds is 41. The zero-order valence-corrected chi connectivity index (χ0v) is 48.8. The number of fused-ring (bicyclic) bond motifs is 1. The molecule has 5 aliphatic rings. The van der Waals surface area contributed by atoms with Crippen LogP contribution in [0.1, 0.15) is 259 Å². The van der Waals surface area contributed by atoms with E-state index in [9.17, 15) is 19.0 Å². The third-order valence-electron chi connectivity index (χ3n) is 16.6. The highest BCUT2D eigenvalue weighted by molar-refractivity contribution is 7.47. The minimum atomic E-state index is -4.52. The number of phosphoric acid groups is 1. The van der Waals surface area contributed by atoms with E-state index in [1.54, 1.807) is 4.90 Å². The van der Waals surface area contributed by atoms with Crippen molar-refractivity contribution >= 4 is 19.6 Å². The number of hydrogen-bond acceptors (Lipinski definition) is 12. The molecule has 5 fully saturated rings. The second-order valence-electron chi connectivity index (χ2n) is 23.6. The van der Waals surface area contributed by atoms with Crippen LogP contribution in [0.25, 0.3) is 0 Å². The van der Waals surface area contributed by atoms with Gasteiger partial charge in [-0.3, -0.25) is 23.5 Å². The summed E-state index contributed by atoms with van der Waals surface area (Å²) in [4.78, 5) is 45.2. The molecule has 8 atom stereocenters. The Balaban J connectivity index is 1.06. The van der Waals surface area contributed by atoms with Gasteiger partial charge in [-0.05, 0) is 78.9 Å². The number of piperidine rings is 2. The van der Waals surface area contributed by atoms with Gasteiger partial charge in [0.15, 0.2) is 17.9 Å². The number of nitrogens with zero attached hydrogens (tertiary/aromatic N) is 3. The first kappa shape index (κ1) is 63.8. The summed E-state index contributed by atoms with van der Waals surface area (Å²) in [6.07, 6.45) is 36.7. The highest BCUT2D eigenvalue weighted by Gasteiger charge is 2.63. The molecule has 5 saturated heterocycles. The Kier molecular flexibility index (Phi) is 30.7. The number of phosphoric ester groups is 1. The molecule has 5 aliphatic heterocycles. The zero-order valence-electron chi connectivity index (χ0n) is 47.9. The molecular weight excluding hydrogens is 958 g/mol. The summed E-state index contributed by atoms with van der Waals surface area (Å²) in [6.45, 7) is 15.7. The van der Waals surface area contributed by atoms with E-state index in [-0.39, 0.29) is 37.4 Å². The Bertz CT molecular complexity index is 1570. The number of amides is 2. The summed E-state index contributed by atoms with van der Waals surface area (Å²) in [5, 5.41) is 0. The lowest BCUT2D eigenvalue weighted by Crippen LogP contribution is -2.50. The smallest absolute Gasteiger partial charge is 0.348 e. The highest BCUT2D eigenvalue weighted by atomic mass is 31.2. The minimum Gasteiger partial charge on any atom is -0.348 e. The van der Waals surface area contributed by atoms with Crippen LogP contribution in [0.2, 0.25) is 0 Å². The molecule has 14 nitrogen and oxygen atoms in total. The number of hydrogen-bond donors (Lipinski definition) is 1. The van der Waals surface area contributed by atoms with Gasteiger partial charge in [-0.15, -0.1) is 0 Å². The molecule has 5 rings (SSSR count). The van der Waals surface area contributed by atoms with Gasteiger partial charge < -0.3 is 38.4 Å². The first-order chi connectivity index (χ1) is 35.8. The molecule has 0 aromatic carbocycles. The van der Waals surface area contributed by atoms with Crippen molar-refractivity contribution in [3.63, 3.8) is 0 Å². The Morgan fingerprint density at radius 2 is 1.09 bits per heavy atom. The maximum atomic E-state index is 14.0. The average molecular weight is 1070 g/mol. The molecule has 0 spiro atoms. The SMILES string of the molecule is CCCCCCCCCCCCCCCCOP(=O)(O)O[C@@H]1[C@H]2OC(C)(C3CCCN(CCC(=O)N(CCCCCCCCCCCCCCCC)C(=O)CCN4CCCCC4)C3)O[C@H]2O[C@@H]1[C@H]1COC(C)(C)O1. The van der Waals surface area contributed by atoms with Crippen molar-refractivity contribution in [3.8, 4) is 0 Å². The molecule has 432 valence electrons. The third-order valence-corrected chi connectivity index (χ3v) is 17.7. The molecule has 0 bridgehead atoms. The Labute approximate surface area is 451 Å². The molecule has 3 unspecified atom stereocenters. The molecule has 5 heterocycles. The molecule has 0 saturated carbocycles. The van der Waals surface area contributed by atoms with Gasteiger partial charge in [0.25, 0.3) is 0 Å². The number of likely N-dealkylation sites (tertiary alicyclic amines) is 2. The largest absolute Gasteiger partial charge is 0.472 e. The van der Waals surface area contributed by atoms with Crippen LogP contribution in [0.15, 0.2) is 0 Å². The standard InChI is InChI=1S/C59H110N3O11P/c1-6-8-10-12-14-16-18-20-22-24-26-28-30-35-44-62(52(63)39-45-60-41-33-32-34-42-60)53(64)40-46-61-43-37-38-50(48-61)59(5)71-56-55(54(69-57(56)72-59)51-49-67-58(3,4)70-51)73-74(65,66)68-47-36-31-29-27-25-23-21-19-17-15-13-11-9-7-2/h50-51,54-57H,6-49H2,1-5H3,(H,65,66)/t50?,51-,54-,55+,56-,57-,59?/m1/s1. The van der Waals surface area contributed by atoms with Gasteiger partial charge >= 0.3 is 7.82 Å². The van der Waals surface area contributed by atoms with Gasteiger partial charge in [-0.1, -0.05) is 187 Å². The second-order valence-corrected chi connectivity index (χ2v) is 25.0. The molecule has 0 radical (unpaired) electrons. The summed E-state index contributed by atoms with van der Waals surface area (Å²) < 4.78 is 57.2. The minimum absolute atomic E-state index is 0.0422. The molecule has 2 amide bonds. The van der Waals surface area contributed by atoms with Gasteiger partial charge in [0, 0.05) is 44.9 Å². The van der Waals surface area contributed by atoms with E-state index in [1.165, 1.54) is 161 Å². The van der Waals surface area contributed by atoms with Crippen molar-refractivity contribution in [1.82, 2.24) is 14.7 Å². The van der Waals surface area contributed by atoms with Crippen molar-refractivity contribution in [1.29, 1.82) is 0 Å². The molecule has 0 aromatic rings. The van der Waals surface area contributed by atoms with E-state index in [0.717, 1.165) is 64.6 Å². The van der Waals surface area contributed by atoms with Crippen molar-refractivity contribution in [2.75, 3.05) is 59.0 Å². The summed E-state index contributed by atoms with van der Waals surface area (Å²) >= 11 is 0. The van der Waals surface area contributed by atoms with Crippen LogP contribution in [-0.2, 0) is 46.9 Å². The van der Waals surface area contributed by atoms with E-state index in [4.69, 9.17) is 32.7 Å². The molecule has 0 aliphatic carbocycles. The Hall–Kier alpha value is -1.03. The predicted octanol–water partition coefficient (Wildman–Crippen LogP) is 13.8. The number of carbonyl (C=O) groups is 2. The fourth-order valence-electron chi connectivity index (χ4n) is 12.0. The quantitative estimate of drug-likeness (QED) is 0.0458. The van der Waals surface area contributed by atoms with Crippen LogP contribution in [-0.4, -0.2) is 133 Å². The first-order valence-corrected chi connectivity index (χ1v) is 32.6. The first-order valence-electron chi connectivity index (χ1n) is 31.1. The maximum absolute atomic E-state index is 14.0. The average Bonchev–Trinajstić information content (AvgIpc) is 4.04.